The average molecular weight is 155 g/mol. The monoisotopic (exact) mass is 155 g/mol. The van der Waals surface area contributed by atoms with Gasteiger partial charge in [-0.05, 0) is 31.7 Å². The quantitative estimate of drug-likeness (QED) is 0.592. The molecular weight excluding hydrogens is 134 g/mol. The summed E-state index contributed by atoms with van der Waals surface area (Å²) in [5, 5.41) is 0. The van der Waals surface area contributed by atoms with Crippen molar-refractivity contribution in [3.05, 3.63) is 0 Å². The van der Waals surface area contributed by atoms with Crippen LogP contribution < -0.4 is 0 Å². The standard InChI is InChI=1S/C10H21N/c1-8(2)5-10-6-9(3)7-11(10)4/h8-10H,5-7H2,1-4H3/t9-,10+/m1/s1. The van der Waals surface area contributed by atoms with E-state index in [0.29, 0.717) is 0 Å². The van der Waals surface area contributed by atoms with Gasteiger partial charge in [0.2, 0.25) is 0 Å². The molecule has 0 N–H and O–H groups in total. The summed E-state index contributed by atoms with van der Waals surface area (Å²) in [5.41, 5.74) is 0. The van der Waals surface area contributed by atoms with Crippen molar-refractivity contribution in [1.29, 1.82) is 0 Å². The van der Waals surface area contributed by atoms with Gasteiger partial charge in [0.05, 0.1) is 0 Å². The van der Waals surface area contributed by atoms with Crippen molar-refractivity contribution in [2.45, 2.75) is 39.7 Å². The highest BCUT2D eigenvalue weighted by molar-refractivity contribution is 4.81. The second-order valence-corrected chi connectivity index (χ2v) is 4.56. The molecule has 1 heterocycles. The van der Waals surface area contributed by atoms with Gasteiger partial charge in [-0.15, -0.1) is 0 Å². The van der Waals surface area contributed by atoms with Gasteiger partial charge in [0.1, 0.15) is 0 Å². The Bertz CT molecular complexity index is 120. The largest absolute Gasteiger partial charge is 0.303 e. The van der Waals surface area contributed by atoms with Crippen molar-refractivity contribution in [3.8, 4) is 0 Å². The van der Waals surface area contributed by atoms with Crippen molar-refractivity contribution >= 4 is 0 Å². The summed E-state index contributed by atoms with van der Waals surface area (Å²) >= 11 is 0. The Morgan fingerprint density at radius 3 is 2.45 bits per heavy atom. The first kappa shape index (κ1) is 9.05. The van der Waals surface area contributed by atoms with Gasteiger partial charge in [0.15, 0.2) is 0 Å². The first-order chi connectivity index (χ1) is 5.09. The van der Waals surface area contributed by atoms with Crippen LogP contribution >= 0.6 is 0 Å². The Morgan fingerprint density at radius 1 is 1.45 bits per heavy atom. The molecule has 1 aliphatic heterocycles. The van der Waals surface area contributed by atoms with Crippen LogP contribution in [0.15, 0.2) is 0 Å². The third-order valence-corrected chi connectivity index (χ3v) is 2.64. The predicted molar refractivity (Wildman–Crippen MR) is 49.7 cm³/mol. The summed E-state index contributed by atoms with van der Waals surface area (Å²) in [6.45, 7) is 8.29. The van der Waals surface area contributed by atoms with Crippen molar-refractivity contribution in [1.82, 2.24) is 4.90 Å². The molecule has 1 aliphatic rings. The van der Waals surface area contributed by atoms with Gasteiger partial charge in [-0.25, -0.2) is 0 Å². The molecule has 2 atom stereocenters. The normalized spacial score (nSPS) is 33.5. The lowest BCUT2D eigenvalue weighted by molar-refractivity contribution is 0.271. The van der Waals surface area contributed by atoms with Gasteiger partial charge in [-0.3, -0.25) is 0 Å². The van der Waals surface area contributed by atoms with Gasteiger partial charge in [0.25, 0.3) is 0 Å². The highest BCUT2D eigenvalue weighted by Gasteiger charge is 2.26. The molecule has 0 aromatic rings. The van der Waals surface area contributed by atoms with E-state index in [-0.39, 0.29) is 0 Å². The Kier molecular flexibility index (Phi) is 2.94. The van der Waals surface area contributed by atoms with Crippen LogP contribution in [0.1, 0.15) is 33.6 Å². The SMILES string of the molecule is CC(C)C[C@H]1C[C@@H](C)CN1C. The number of hydrogen-bond donors (Lipinski definition) is 0. The van der Waals surface area contributed by atoms with Crippen LogP contribution in [0.3, 0.4) is 0 Å². The Morgan fingerprint density at radius 2 is 2.09 bits per heavy atom. The zero-order chi connectivity index (χ0) is 8.43. The van der Waals surface area contributed by atoms with E-state index < -0.39 is 0 Å². The zero-order valence-corrected chi connectivity index (χ0v) is 8.30. The van der Waals surface area contributed by atoms with Crippen LogP contribution in [0.5, 0.6) is 0 Å². The summed E-state index contributed by atoms with van der Waals surface area (Å²) in [7, 11) is 2.26. The molecule has 0 aromatic carbocycles. The fourth-order valence-electron chi connectivity index (χ4n) is 2.18. The molecule has 1 fully saturated rings. The molecule has 66 valence electrons. The second-order valence-electron chi connectivity index (χ2n) is 4.56. The molecule has 1 nitrogen and oxygen atoms in total. The first-order valence-corrected chi connectivity index (χ1v) is 4.79. The first-order valence-electron chi connectivity index (χ1n) is 4.79. The van der Waals surface area contributed by atoms with E-state index in [1.165, 1.54) is 19.4 Å². The maximum absolute atomic E-state index is 2.52. The van der Waals surface area contributed by atoms with E-state index in [2.05, 4.69) is 32.7 Å². The van der Waals surface area contributed by atoms with Gasteiger partial charge < -0.3 is 4.90 Å². The van der Waals surface area contributed by atoms with Crippen molar-refractivity contribution < 1.29 is 0 Å². The van der Waals surface area contributed by atoms with E-state index in [9.17, 15) is 0 Å². The summed E-state index contributed by atoms with van der Waals surface area (Å²) in [6, 6.07) is 0.866. The summed E-state index contributed by atoms with van der Waals surface area (Å²) in [5.74, 6) is 1.77. The van der Waals surface area contributed by atoms with E-state index in [0.717, 1.165) is 17.9 Å². The molecule has 1 rings (SSSR count). The smallest absolute Gasteiger partial charge is 0.00977 e. The number of rotatable bonds is 2. The number of hydrogen-bond acceptors (Lipinski definition) is 1. The van der Waals surface area contributed by atoms with Crippen LogP contribution in [0, 0.1) is 11.8 Å². The predicted octanol–water partition coefficient (Wildman–Crippen LogP) is 2.37. The highest BCUT2D eigenvalue weighted by atomic mass is 15.1. The summed E-state index contributed by atoms with van der Waals surface area (Å²) in [4.78, 5) is 2.52. The maximum atomic E-state index is 2.52. The minimum absolute atomic E-state index is 0.854. The van der Waals surface area contributed by atoms with Gasteiger partial charge >= 0.3 is 0 Å². The third kappa shape index (κ3) is 2.48. The van der Waals surface area contributed by atoms with Gasteiger partial charge in [-0.1, -0.05) is 20.8 Å². The van der Waals surface area contributed by atoms with Crippen LogP contribution in [0.25, 0.3) is 0 Å². The molecule has 0 amide bonds. The van der Waals surface area contributed by atoms with Crippen molar-refractivity contribution in [2.24, 2.45) is 11.8 Å². The van der Waals surface area contributed by atoms with Crippen LogP contribution in [-0.2, 0) is 0 Å². The number of nitrogens with zero attached hydrogens (tertiary/aromatic N) is 1. The van der Waals surface area contributed by atoms with E-state index in [1.54, 1.807) is 0 Å². The molecule has 0 aliphatic carbocycles. The van der Waals surface area contributed by atoms with Crippen LogP contribution in [0.2, 0.25) is 0 Å². The molecule has 11 heavy (non-hydrogen) atoms. The van der Waals surface area contributed by atoms with Crippen molar-refractivity contribution in [3.63, 3.8) is 0 Å². The molecule has 0 bridgehead atoms. The second kappa shape index (κ2) is 3.57. The molecule has 0 aromatic heterocycles. The molecular formula is C10H21N. The average Bonchev–Trinajstić information content (AvgIpc) is 2.09. The van der Waals surface area contributed by atoms with Crippen LogP contribution in [0.4, 0.5) is 0 Å². The van der Waals surface area contributed by atoms with E-state index in [4.69, 9.17) is 0 Å². The molecule has 1 saturated heterocycles. The van der Waals surface area contributed by atoms with Crippen LogP contribution in [-0.4, -0.2) is 24.5 Å². The fraction of sp³-hybridized carbons (Fsp3) is 1.00. The third-order valence-electron chi connectivity index (χ3n) is 2.64. The Labute approximate surface area is 70.8 Å². The molecule has 0 unspecified atom stereocenters. The topological polar surface area (TPSA) is 3.24 Å². The minimum atomic E-state index is 0.854. The molecule has 0 saturated carbocycles. The Balaban J connectivity index is 2.34. The summed E-state index contributed by atoms with van der Waals surface area (Å²) < 4.78 is 0. The van der Waals surface area contributed by atoms with Gasteiger partial charge in [0, 0.05) is 12.6 Å². The summed E-state index contributed by atoms with van der Waals surface area (Å²) in [6.07, 6.45) is 2.79. The van der Waals surface area contributed by atoms with Crippen molar-refractivity contribution in [2.75, 3.05) is 13.6 Å². The van der Waals surface area contributed by atoms with E-state index >= 15 is 0 Å². The molecule has 0 radical (unpaired) electrons. The highest BCUT2D eigenvalue weighted by Crippen LogP contribution is 2.25. The number of likely N-dealkylation sites (tertiary alicyclic amines) is 1. The minimum Gasteiger partial charge on any atom is -0.303 e. The van der Waals surface area contributed by atoms with Gasteiger partial charge in [-0.2, -0.15) is 0 Å². The lowest BCUT2D eigenvalue weighted by atomic mass is 9.99. The maximum Gasteiger partial charge on any atom is 0.00977 e. The Hall–Kier alpha value is -0.0400. The zero-order valence-electron chi connectivity index (χ0n) is 8.30. The van der Waals surface area contributed by atoms with E-state index in [1.807, 2.05) is 0 Å². The lowest BCUT2D eigenvalue weighted by Crippen LogP contribution is -2.26. The fourth-order valence-corrected chi connectivity index (χ4v) is 2.18. The molecule has 0 spiro atoms. The lowest BCUT2D eigenvalue weighted by Gasteiger charge is -2.20. The molecule has 1 heteroatoms.